The van der Waals surface area contributed by atoms with Crippen LogP contribution in [-0.4, -0.2) is 8.42 Å². The summed E-state index contributed by atoms with van der Waals surface area (Å²) in [5.74, 6) is -1.74. The maximum Gasteiger partial charge on any atom is 0.262 e. The number of anilines is 1. The molecule has 0 saturated heterocycles. The van der Waals surface area contributed by atoms with Gasteiger partial charge in [0.15, 0.2) is 0 Å². The van der Waals surface area contributed by atoms with Crippen LogP contribution in [0.25, 0.3) is 0 Å². The third-order valence-electron chi connectivity index (χ3n) is 2.40. The van der Waals surface area contributed by atoms with Crippen LogP contribution in [0.15, 0.2) is 39.7 Å². The van der Waals surface area contributed by atoms with Crippen molar-refractivity contribution in [1.29, 1.82) is 0 Å². The molecule has 1 N–H and O–H groups in total. The molecule has 0 aliphatic carbocycles. The van der Waals surface area contributed by atoms with Gasteiger partial charge in [-0.25, -0.2) is 17.2 Å². The van der Waals surface area contributed by atoms with Gasteiger partial charge in [0.2, 0.25) is 0 Å². The van der Waals surface area contributed by atoms with Crippen molar-refractivity contribution in [2.45, 2.75) is 4.90 Å². The summed E-state index contributed by atoms with van der Waals surface area (Å²) in [5.41, 5.74) is -0.521. The Kier molecular flexibility index (Phi) is 4.77. The van der Waals surface area contributed by atoms with E-state index in [1.807, 2.05) is 4.72 Å². The second-order valence-corrected chi connectivity index (χ2v) is 7.37. The van der Waals surface area contributed by atoms with Crippen LogP contribution in [0.1, 0.15) is 0 Å². The minimum absolute atomic E-state index is 0.102. The number of hydrogen-bond donors (Lipinski definition) is 1. The highest BCUT2D eigenvalue weighted by Crippen LogP contribution is 2.27. The Morgan fingerprint density at radius 1 is 0.952 bits per heavy atom. The number of sulfonamides is 1. The molecule has 9 heteroatoms. The Morgan fingerprint density at radius 3 is 2.10 bits per heavy atom. The van der Waals surface area contributed by atoms with Gasteiger partial charge in [0.05, 0.1) is 15.1 Å². The van der Waals surface area contributed by atoms with Gasteiger partial charge in [-0.05, 0) is 40.2 Å². The Bertz CT molecular complexity index is 795. The minimum Gasteiger partial charge on any atom is -0.277 e. The standard InChI is InChI=1S/C12H6BrCl2F2NO2S/c13-9-4-11(17)12(5-10(9)16)18-21(19,20)8-2-6(14)1-7(15)3-8/h1-5,18H. The molecule has 21 heavy (non-hydrogen) atoms. The van der Waals surface area contributed by atoms with Crippen molar-refractivity contribution in [3.05, 3.63) is 56.5 Å². The molecular formula is C12H6BrCl2F2NO2S. The first-order chi connectivity index (χ1) is 9.69. The van der Waals surface area contributed by atoms with Gasteiger partial charge in [-0.15, -0.1) is 0 Å². The van der Waals surface area contributed by atoms with E-state index in [9.17, 15) is 17.2 Å². The summed E-state index contributed by atoms with van der Waals surface area (Å²) < 4.78 is 53.1. The summed E-state index contributed by atoms with van der Waals surface area (Å²) in [7, 11) is -4.15. The van der Waals surface area contributed by atoms with Crippen molar-refractivity contribution >= 4 is 54.8 Å². The van der Waals surface area contributed by atoms with E-state index in [4.69, 9.17) is 23.2 Å². The summed E-state index contributed by atoms with van der Waals surface area (Å²) in [4.78, 5) is -0.261. The number of rotatable bonds is 3. The number of halogens is 5. The quantitative estimate of drug-likeness (QED) is 0.728. The zero-order valence-corrected chi connectivity index (χ0v) is 13.9. The molecule has 3 nitrogen and oxygen atoms in total. The van der Waals surface area contributed by atoms with E-state index in [0.717, 1.165) is 24.3 Å². The molecule has 0 bridgehead atoms. The maximum atomic E-state index is 13.7. The molecule has 0 saturated carbocycles. The number of hydrogen-bond acceptors (Lipinski definition) is 2. The van der Waals surface area contributed by atoms with Crippen molar-refractivity contribution in [3.8, 4) is 0 Å². The third kappa shape index (κ3) is 3.85. The van der Waals surface area contributed by atoms with E-state index in [2.05, 4.69) is 15.9 Å². The second-order valence-electron chi connectivity index (χ2n) is 3.96. The smallest absolute Gasteiger partial charge is 0.262 e. The molecule has 2 rings (SSSR count). The molecule has 0 atom stereocenters. The largest absolute Gasteiger partial charge is 0.277 e. The molecule has 112 valence electrons. The average Bonchev–Trinajstić information content (AvgIpc) is 2.34. The predicted octanol–water partition coefficient (Wildman–Crippen LogP) is 4.83. The molecule has 0 aliphatic rings. The molecule has 0 spiro atoms. The molecule has 0 fully saturated rings. The lowest BCUT2D eigenvalue weighted by Crippen LogP contribution is -2.14. The van der Waals surface area contributed by atoms with Crippen LogP contribution >= 0.6 is 39.1 Å². The number of nitrogens with one attached hydrogen (secondary N) is 1. The van der Waals surface area contributed by atoms with Crippen LogP contribution in [0.3, 0.4) is 0 Å². The van der Waals surface area contributed by atoms with Gasteiger partial charge < -0.3 is 0 Å². The lowest BCUT2D eigenvalue weighted by molar-refractivity contribution is 0.592. The summed E-state index contributed by atoms with van der Waals surface area (Å²) >= 11 is 14.2. The van der Waals surface area contributed by atoms with Gasteiger partial charge in [0.25, 0.3) is 10.0 Å². The Morgan fingerprint density at radius 2 is 1.52 bits per heavy atom. The molecule has 0 heterocycles. The van der Waals surface area contributed by atoms with Crippen LogP contribution < -0.4 is 4.72 Å². The van der Waals surface area contributed by atoms with E-state index in [1.165, 1.54) is 6.07 Å². The van der Waals surface area contributed by atoms with Crippen LogP contribution in [0.2, 0.25) is 10.0 Å². The topological polar surface area (TPSA) is 46.2 Å². The van der Waals surface area contributed by atoms with Crippen molar-refractivity contribution in [3.63, 3.8) is 0 Å². The van der Waals surface area contributed by atoms with Gasteiger partial charge >= 0.3 is 0 Å². The molecule has 0 radical (unpaired) electrons. The first kappa shape index (κ1) is 16.5. The van der Waals surface area contributed by atoms with Crippen molar-refractivity contribution in [2.75, 3.05) is 4.72 Å². The fourth-order valence-corrected chi connectivity index (χ4v) is 3.59. The van der Waals surface area contributed by atoms with Crippen molar-refractivity contribution < 1.29 is 17.2 Å². The predicted molar refractivity (Wildman–Crippen MR) is 81.3 cm³/mol. The van der Waals surface area contributed by atoms with Crippen LogP contribution in [0, 0.1) is 11.6 Å². The first-order valence-corrected chi connectivity index (χ1v) is 8.36. The highest BCUT2D eigenvalue weighted by molar-refractivity contribution is 9.10. The SMILES string of the molecule is O=S(=O)(Nc1cc(F)c(Br)cc1F)c1cc(Cl)cc(Cl)c1. The molecular weight excluding hydrogens is 411 g/mol. The normalized spacial score (nSPS) is 11.5. The highest BCUT2D eigenvalue weighted by atomic mass is 79.9. The Labute approximate surface area is 138 Å². The second kappa shape index (κ2) is 6.08. The Hall–Kier alpha value is -0.890. The summed E-state index contributed by atoms with van der Waals surface area (Å²) in [6.45, 7) is 0. The van der Waals surface area contributed by atoms with Crippen molar-refractivity contribution in [1.82, 2.24) is 0 Å². The Balaban J connectivity index is 2.44. The molecule has 0 aromatic heterocycles. The van der Waals surface area contributed by atoms with Crippen LogP contribution in [0.5, 0.6) is 0 Å². The van der Waals surface area contributed by atoms with Crippen LogP contribution in [0.4, 0.5) is 14.5 Å². The molecule has 0 aliphatic heterocycles. The average molecular weight is 417 g/mol. The summed E-state index contributed by atoms with van der Waals surface area (Å²) in [6, 6.07) is 5.18. The van der Waals surface area contributed by atoms with Gasteiger partial charge in [-0.2, -0.15) is 0 Å². The summed E-state index contributed by atoms with van der Waals surface area (Å²) in [5, 5.41) is 0.204. The fourth-order valence-electron chi connectivity index (χ4n) is 1.49. The first-order valence-electron chi connectivity index (χ1n) is 5.32. The molecule has 0 amide bonds. The van der Waals surface area contributed by atoms with Gasteiger partial charge in [0.1, 0.15) is 11.6 Å². The van der Waals surface area contributed by atoms with E-state index in [-0.39, 0.29) is 19.4 Å². The maximum absolute atomic E-state index is 13.7. The molecule has 2 aromatic rings. The van der Waals surface area contributed by atoms with E-state index in [0.29, 0.717) is 0 Å². The zero-order valence-electron chi connectivity index (χ0n) is 10.0. The van der Waals surface area contributed by atoms with Crippen LogP contribution in [-0.2, 0) is 10.0 Å². The van der Waals surface area contributed by atoms with E-state index >= 15 is 0 Å². The minimum atomic E-state index is -4.15. The molecule has 2 aromatic carbocycles. The highest BCUT2D eigenvalue weighted by Gasteiger charge is 2.19. The van der Waals surface area contributed by atoms with Gasteiger partial charge in [-0.1, -0.05) is 23.2 Å². The van der Waals surface area contributed by atoms with E-state index in [1.54, 1.807) is 0 Å². The zero-order chi connectivity index (χ0) is 15.8. The lowest BCUT2D eigenvalue weighted by Gasteiger charge is -2.10. The third-order valence-corrected chi connectivity index (χ3v) is 4.79. The monoisotopic (exact) mass is 415 g/mol. The number of benzene rings is 2. The summed E-state index contributed by atoms with van der Waals surface area (Å²) in [6.07, 6.45) is 0. The van der Waals surface area contributed by atoms with Gasteiger partial charge in [0, 0.05) is 16.1 Å². The molecule has 0 unspecified atom stereocenters. The van der Waals surface area contributed by atoms with Crippen molar-refractivity contribution in [2.24, 2.45) is 0 Å². The fraction of sp³-hybridized carbons (Fsp3) is 0. The van der Waals surface area contributed by atoms with Gasteiger partial charge in [-0.3, -0.25) is 4.72 Å². The van der Waals surface area contributed by atoms with E-state index < -0.39 is 27.3 Å². The lowest BCUT2D eigenvalue weighted by atomic mass is 10.3.